The molecule has 108 valence electrons. The van der Waals surface area contributed by atoms with E-state index in [1.807, 2.05) is 18.4 Å². The third kappa shape index (κ3) is 3.11. The van der Waals surface area contributed by atoms with Crippen LogP contribution in [0.15, 0.2) is 0 Å². The SMILES string of the molecule is CNCc1sc(N2CC(C)C(C)C2)nc1C(C)(C)C. The van der Waals surface area contributed by atoms with Gasteiger partial charge in [0.25, 0.3) is 0 Å². The van der Waals surface area contributed by atoms with Crippen molar-refractivity contribution in [3.8, 4) is 0 Å². The van der Waals surface area contributed by atoms with E-state index < -0.39 is 0 Å². The largest absolute Gasteiger partial charge is 0.348 e. The summed E-state index contributed by atoms with van der Waals surface area (Å²) in [5.41, 5.74) is 1.38. The van der Waals surface area contributed by atoms with Gasteiger partial charge in [-0.15, -0.1) is 11.3 Å². The van der Waals surface area contributed by atoms with E-state index in [1.165, 1.54) is 15.7 Å². The molecule has 0 radical (unpaired) electrons. The average molecular weight is 281 g/mol. The molecule has 19 heavy (non-hydrogen) atoms. The molecule has 1 fully saturated rings. The fraction of sp³-hybridized carbons (Fsp3) is 0.800. The van der Waals surface area contributed by atoms with Gasteiger partial charge in [0.15, 0.2) is 5.13 Å². The number of aromatic nitrogens is 1. The van der Waals surface area contributed by atoms with Gasteiger partial charge in [-0.3, -0.25) is 0 Å². The van der Waals surface area contributed by atoms with Gasteiger partial charge < -0.3 is 10.2 Å². The first-order chi connectivity index (χ1) is 8.82. The molecule has 0 aliphatic carbocycles. The van der Waals surface area contributed by atoms with E-state index in [0.717, 1.165) is 31.5 Å². The van der Waals surface area contributed by atoms with Gasteiger partial charge in [-0.25, -0.2) is 4.98 Å². The van der Waals surface area contributed by atoms with Crippen LogP contribution in [-0.2, 0) is 12.0 Å². The normalized spacial score (nSPS) is 24.2. The van der Waals surface area contributed by atoms with Crippen LogP contribution in [-0.4, -0.2) is 25.1 Å². The number of anilines is 1. The lowest BCUT2D eigenvalue weighted by Gasteiger charge is -2.18. The highest BCUT2D eigenvalue weighted by Crippen LogP contribution is 2.36. The van der Waals surface area contributed by atoms with Gasteiger partial charge in [0.05, 0.1) is 5.69 Å². The third-order valence-electron chi connectivity index (χ3n) is 3.99. The number of thiazole rings is 1. The summed E-state index contributed by atoms with van der Waals surface area (Å²) in [5.74, 6) is 1.55. The topological polar surface area (TPSA) is 28.2 Å². The fourth-order valence-electron chi connectivity index (χ4n) is 2.63. The lowest BCUT2D eigenvalue weighted by Crippen LogP contribution is -2.20. The van der Waals surface area contributed by atoms with E-state index in [-0.39, 0.29) is 5.41 Å². The molecule has 2 heterocycles. The molecular weight excluding hydrogens is 254 g/mol. The molecule has 1 aromatic rings. The molecule has 1 aromatic heterocycles. The number of hydrogen-bond acceptors (Lipinski definition) is 4. The van der Waals surface area contributed by atoms with Crippen LogP contribution in [0.25, 0.3) is 0 Å². The van der Waals surface area contributed by atoms with E-state index in [1.54, 1.807) is 0 Å². The maximum atomic E-state index is 4.96. The molecule has 1 aliphatic heterocycles. The molecule has 4 heteroatoms. The zero-order valence-corrected chi connectivity index (χ0v) is 13.9. The summed E-state index contributed by atoms with van der Waals surface area (Å²) in [6, 6.07) is 0. The predicted molar refractivity (Wildman–Crippen MR) is 84.1 cm³/mol. The van der Waals surface area contributed by atoms with Crippen LogP contribution in [0.1, 0.15) is 45.2 Å². The number of rotatable bonds is 3. The molecule has 0 bridgehead atoms. The van der Waals surface area contributed by atoms with Gasteiger partial charge in [-0.05, 0) is 18.9 Å². The number of nitrogens with one attached hydrogen (secondary N) is 1. The van der Waals surface area contributed by atoms with Gasteiger partial charge in [0, 0.05) is 29.9 Å². The quantitative estimate of drug-likeness (QED) is 0.922. The summed E-state index contributed by atoms with van der Waals surface area (Å²) in [4.78, 5) is 8.81. The van der Waals surface area contributed by atoms with Gasteiger partial charge in [0.2, 0.25) is 0 Å². The lowest BCUT2D eigenvalue weighted by molar-refractivity contribution is 0.494. The molecule has 3 nitrogen and oxygen atoms in total. The van der Waals surface area contributed by atoms with Crippen molar-refractivity contribution >= 4 is 16.5 Å². The van der Waals surface area contributed by atoms with E-state index in [0.29, 0.717) is 0 Å². The Morgan fingerprint density at radius 3 is 2.32 bits per heavy atom. The maximum Gasteiger partial charge on any atom is 0.185 e. The standard InChI is InChI=1S/C15H27N3S/c1-10-8-18(9-11(10)2)14-17-13(15(3,4)5)12(19-14)7-16-6/h10-11,16H,7-9H2,1-6H3. The van der Waals surface area contributed by atoms with Gasteiger partial charge in [0.1, 0.15) is 0 Å². The van der Waals surface area contributed by atoms with Crippen LogP contribution >= 0.6 is 11.3 Å². The summed E-state index contributed by atoms with van der Waals surface area (Å²) in [6.07, 6.45) is 0. The summed E-state index contributed by atoms with van der Waals surface area (Å²) >= 11 is 1.86. The minimum Gasteiger partial charge on any atom is -0.348 e. The molecule has 2 rings (SSSR count). The van der Waals surface area contributed by atoms with Crippen LogP contribution in [0.4, 0.5) is 5.13 Å². The first kappa shape index (κ1) is 14.8. The van der Waals surface area contributed by atoms with Crippen molar-refractivity contribution in [2.45, 2.75) is 46.6 Å². The van der Waals surface area contributed by atoms with Crippen molar-refractivity contribution in [1.82, 2.24) is 10.3 Å². The van der Waals surface area contributed by atoms with Gasteiger partial charge in [-0.1, -0.05) is 34.6 Å². The zero-order valence-electron chi connectivity index (χ0n) is 13.1. The Hall–Kier alpha value is -0.610. The van der Waals surface area contributed by atoms with E-state index in [9.17, 15) is 0 Å². The van der Waals surface area contributed by atoms with Crippen LogP contribution in [0.5, 0.6) is 0 Å². The summed E-state index contributed by atoms with van der Waals surface area (Å²) in [5, 5.41) is 4.48. The molecule has 1 N–H and O–H groups in total. The first-order valence-corrected chi connectivity index (χ1v) is 8.04. The summed E-state index contributed by atoms with van der Waals surface area (Å²) in [7, 11) is 2.01. The minimum absolute atomic E-state index is 0.123. The van der Waals surface area contributed by atoms with Crippen molar-refractivity contribution in [2.75, 3.05) is 25.0 Å². The number of nitrogens with zero attached hydrogens (tertiary/aromatic N) is 2. The van der Waals surface area contributed by atoms with Crippen molar-refractivity contribution in [3.63, 3.8) is 0 Å². The smallest absolute Gasteiger partial charge is 0.185 e. The van der Waals surface area contributed by atoms with E-state index in [4.69, 9.17) is 4.98 Å². The molecule has 1 saturated heterocycles. The molecule has 1 aliphatic rings. The Kier molecular flexibility index (Phi) is 4.21. The molecule has 0 aromatic carbocycles. The zero-order chi connectivity index (χ0) is 14.2. The summed E-state index contributed by atoms with van der Waals surface area (Å²) < 4.78 is 0. The Balaban J connectivity index is 2.28. The fourth-order valence-corrected chi connectivity index (χ4v) is 3.93. The Morgan fingerprint density at radius 1 is 1.26 bits per heavy atom. The Labute approximate surface area is 121 Å². The monoisotopic (exact) mass is 281 g/mol. The summed E-state index contributed by atoms with van der Waals surface area (Å²) in [6.45, 7) is 14.7. The molecule has 2 unspecified atom stereocenters. The average Bonchev–Trinajstić information content (AvgIpc) is 2.84. The van der Waals surface area contributed by atoms with Crippen LogP contribution in [0.3, 0.4) is 0 Å². The minimum atomic E-state index is 0.123. The second-order valence-corrected chi connectivity index (χ2v) is 7.97. The highest BCUT2D eigenvalue weighted by Gasteiger charge is 2.30. The highest BCUT2D eigenvalue weighted by atomic mass is 32.1. The molecule has 0 spiro atoms. The second-order valence-electron chi connectivity index (χ2n) is 6.91. The van der Waals surface area contributed by atoms with E-state index in [2.05, 4.69) is 44.8 Å². The Bertz CT molecular complexity index is 423. The highest BCUT2D eigenvalue weighted by molar-refractivity contribution is 7.15. The van der Waals surface area contributed by atoms with Crippen LogP contribution in [0, 0.1) is 11.8 Å². The molecule has 0 amide bonds. The van der Waals surface area contributed by atoms with Crippen LogP contribution < -0.4 is 10.2 Å². The van der Waals surface area contributed by atoms with Crippen molar-refractivity contribution in [1.29, 1.82) is 0 Å². The second kappa shape index (κ2) is 5.41. The van der Waals surface area contributed by atoms with Crippen molar-refractivity contribution in [2.24, 2.45) is 11.8 Å². The Morgan fingerprint density at radius 2 is 1.84 bits per heavy atom. The molecule has 2 atom stereocenters. The van der Waals surface area contributed by atoms with Crippen molar-refractivity contribution < 1.29 is 0 Å². The van der Waals surface area contributed by atoms with Gasteiger partial charge >= 0.3 is 0 Å². The van der Waals surface area contributed by atoms with Gasteiger partial charge in [-0.2, -0.15) is 0 Å². The van der Waals surface area contributed by atoms with Crippen molar-refractivity contribution in [3.05, 3.63) is 10.6 Å². The van der Waals surface area contributed by atoms with Crippen LogP contribution in [0.2, 0.25) is 0 Å². The predicted octanol–water partition coefficient (Wildman–Crippen LogP) is 3.25. The maximum absolute atomic E-state index is 4.96. The lowest BCUT2D eigenvalue weighted by atomic mass is 9.91. The third-order valence-corrected chi connectivity index (χ3v) is 5.11. The van der Waals surface area contributed by atoms with E-state index >= 15 is 0 Å². The number of hydrogen-bond donors (Lipinski definition) is 1. The molecular formula is C15H27N3S. The molecule has 0 saturated carbocycles. The first-order valence-electron chi connectivity index (χ1n) is 7.22.